The first-order chi connectivity index (χ1) is 10.1. The summed E-state index contributed by atoms with van der Waals surface area (Å²) in [5.41, 5.74) is 0.485. The van der Waals surface area contributed by atoms with Gasteiger partial charge in [0.2, 0.25) is 0 Å². The number of aliphatic hydroxyl groups is 1. The Morgan fingerprint density at radius 1 is 1.24 bits per heavy atom. The highest BCUT2D eigenvalue weighted by Crippen LogP contribution is 2.26. The third kappa shape index (κ3) is 4.11. The highest BCUT2D eigenvalue weighted by molar-refractivity contribution is 5.97. The van der Waals surface area contributed by atoms with Gasteiger partial charge in [-0.15, -0.1) is 0 Å². The lowest BCUT2D eigenvalue weighted by atomic mass is 10.1. The van der Waals surface area contributed by atoms with Crippen LogP contribution in [0.25, 0.3) is 0 Å². The van der Waals surface area contributed by atoms with E-state index in [0.717, 1.165) is 12.8 Å². The molecule has 0 radical (unpaired) electrons. The van der Waals surface area contributed by atoms with E-state index in [1.54, 1.807) is 30.2 Å². The molecule has 0 spiro atoms. The van der Waals surface area contributed by atoms with Crippen LogP contribution >= 0.6 is 0 Å². The van der Waals surface area contributed by atoms with E-state index in [1.165, 1.54) is 7.11 Å². The first-order valence-corrected chi connectivity index (χ1v) is 7.26. The molecule has 0 fully saturated rings. The number of hydrogen-bond donors (Lipinski definition) is 1. The lowest BCUT2D eigenvalue weighted by Gasteiger charge is -2.30. The molecule has 0 aliphatic rings. The fourth-order valence-corrected chi connectivity index (χ4v) is 2.42. The van der Waals surface area contributed by atoms with Crippen molar-refractivity contribution in [1.82, 2.24) is 4.90 Å². The molecule has 0 saturated carbocycles. The summed E-state index contributed by atoms with van der Waals surface area (Å²) in [4.78, 5) is 14.5. The smallest absolute Gasteiger partial charge is 0.257 e. The van der Waals surface area contributed by atoms with Gasteiger partial charge in [-0.3, -0.25) is 4.79 Å². The molecule has 0 atom stereocenters. The minimum absolute atomic E-state index is 0.0549. The maximum Gasteiger partial charge on any atom is 0.257 e. The van der Waals surface area contributed by atoms with Gasteiger partial charge in [0.15, 0.2) is 0 Å². The van der Waals surface area contributed by atoms with E-state index in [1.807, 2.05) is 13.8 Å². The molecule has 0 aromatic heterocycles. The van der Waals surface area contributed by atoms with E-state index in [4.69, 9.17) is 9.47 Å². The van der Waals surface area contributed by atoms with Crippen molar-refractivity contribution in [3.05, 3.63) is 23.8 Å². The molecular weight excluding hydrogens is 270 g/mol. The van der Waals surface area contributed by atoms with Gasteiger partial charge >= 0.3 is 0 Å². The van der Waals surface area contributed by atoms with Crippen molar-refractivity contribution in [2.45, 2.75) is 32.7 Å². The van der Waals surface area contributed by atoms with Crippen LogP contribution in [0, 0.1) is 0 Å². The van der Waals surface area contributed by atoms with Crippen molar-refractivity contribution in [3.8, 4) is 11.5 Å². The Hall–Kier alpha value is -1.75. The van der Waals surface area contributed by atoms with Crippen LogP contribution in [-0.4, -0.2) is 49.3 Å². The van der Waals surface area contributed by atoms with Crippen LogP contribution in [0.1, 0.15) is 37.0 Å². The average Bonchev–Trinajstić information content (AvgIpc) is 2.53. The highest BCUT2D eigenvalue weighted by atomic mass is 16.5. The molecule has 0 heterocycles. The van der Waals surface area contributed by atoms with Crippen molar-refractivity contribution < 1.29 is 19.4 Å². The molecule has 1 rings (SSSR count). The number of amides is 1. The predicted molar refractivity (Wildman–Crippen MR) is 82.0 cm³/mol. The number of carbonyl (C=O) groups is 1. The van der Waals surface area contributed by atoms with Crippen molar-refractivity contribution in [2.75, 3.05) is 27.4 Å². The van der Waals surface area contributed by atoms with Crippen LogP contribution in [0.4, 0.5) is 0 Å². The van der Waals surface area contributed by atoms with Gasteiger partial charge in [0.1, 0.15) is 11.5 Å². The fraction of sp³-hybridized carbons (Fsp3) is 0.562. The summed E-state index contributed by atoms with van der Waals surface area (Å²) in [6.07, 6.45) is 1.70. The largest absolute Gasteiger partial charge is 0.497 e. The first-order valence-electron chi connectivity index (χ1n) is 7.26. The van der Waals surface area contributed by atoms with Crippen LogP contribution in [0.5, 0.6) is 11.5 Å². The van der Waals surface area contributed by atoms with E-state index < -0.39 is 0 Å². The molecule has 1 aromatic carbocycles. The Kier molecular flexibility index (Phi) is 7.02. The average molecular weight is 295 g/mol. The maximum atomic E-state index is 12.8. The molecule has 1 N–H and O–H groups in total. The molecule has 118 valence electrons. The van der Waals surface area contributed by atoms with Gasteiger partial charge in [-0.25, -0.2) is 0 Å². The molecule has 1 amide bonds. The standard InChI is InChI=1S/C16H25NO4/c1-5-12(6-2)17(9-10-18)16(19)14-8-7-13(20-3)11-15(14)21-4/h7-8,11-12,18H,5-6,9-10H2,1-4H3. The number of rotatable bonds is 8. The Bertz CT molecular complexity index is 458. The van der Waals surface area contributed by atoms with E-state index in [2.05, 4.69) is 0 Å². The maximum absolute atomic E-state index is 12.8. The number of hydrogen-bond acceptors (Lipinski definition) is 4. The summed E-state index contributed by atoms with van der Waals surface area (Å²) in [6, 6.07) is 5.24. The van der Waals surface area contributed by atoms with E-state index in [-0.39, 0.29) is 18.6 Å². The minimum atomic E-state index is -0.128. The van der Waals surface area contributed by atoms with Crippen molar-refractivity contribution in [3.63, 3.8) is 0 Å². The number of aliphatic hydroxyl groups excluding tert-OH is 1. The summed E-state index contributed by atoms with van der Waals surface area (Å²) >= 11 is 0. The van der Waals surface area contributed by atoms with Crippen LogP contribution < -0.4 is 9.47 Å². The molecule has 5 nitrogen and oxygen atoms in total. The Morgan fingerprint density at radius 3 is 2.38 bits per heavy atom. The van der Waals surface area contributed by atoms with Crippen molar-refractivity contribution >= 4 is 5.91 Å². The van der Waals surface area contributed by atoms with Crippen LogP contribution in [0.2, 0.25) is 0 Å². The predicted octanol–water partition coefficient (Wildman–Crippen LogP) is 2.33. The van der Waals surface area contributed by atoms with Gasteiger partial charge in [-0.2, -0.15) is 0 Å². The number of ether oxygens (including phenoxy) is 2. The normalized spacial score (nSPS) is 10.6. The minimum Gasteiger partial charge on any atom is -0.497 e. The fourth-order valence-electron chi connectivity index (χ4n) is 2.42. The van der Waals surface area contributed by atoms with Gasteiger partial charge in [0.25, 0.3) is 5.91 Å². The summed E-state index contributed by atoms with van der Waals surface area (Å²) in [6.45, 7) is 4.34. The van der Waals surface area contributed by atoms with Gasteiger partial charge in [0.05, 0.1) is 26.4 Å². The summed E-state index contributed by atoms with van der Waals surface area (Å²) < 4.78 is 10.4. The molecule has 0 aliphatic carbocycles. The zero-order valence-corrected chi connectivity index (χ0v) is 13.3. The van der Waals surface area contributed by atoms with Gasteiger partial charge in [-0.05, 0) is 25.0 Å². The Balaban J connectivity index is 3.13. The third-order valence-electron chi connectivity index (χ3n) is 3.62. The lowest BCUT2D eigenvalue weighted by molar-refractivity contribution is 0.0619. The molecule has 0 aliphatic heterocycles. The molecule has 0 saturated heterocycles. The molecule has 1 aromatic rings. The van der Waals surface area contributed by atoms with E-state index >= 15 is 0 Å². The summed E-state index contributed by atoms with van der Waals surface area (Å²) in [5.74, 6) is 0.991. The zero-order chi connectivity index (χ0) is 15.8. The Labute approximate surface area is 126 Å². The molecular formula is C16H25NO4. The number of methoxy groups -OCH3 is 2. The van der Waals surface area contributed by atoms with Crippen LogP contribution in [0.3, 0.4) is 0 Å². The first kappa shape index (κ1) is 17.3. The van der Waals surface area contributed by atoms with Gasteiger partial charge in [0, 0.05) is 18.7 Å². The van der Waals surface area contributed by atoms with Crippen molar-refractivity contribution in [2.24, 2.45) is 0 Å². The lowest BCUT2D eigenvalue weighted by Crippen LogP contribution is -2.41. The van der Waals surface area contributed by atoms with Gasteiger partial charge in [-0.1, -0.05) is 13.8 Å². The topological polar surface area (TPSA) is 59.0 Å². The van der Waals surface area contributed by atoms with E-state index in [9.17, 15) is 9.90 Å². The monoisotopic (exact) mass is 295 g/mol. The quantitative estimate of drug-likeness (QED) is 0.799. The summed E-state index contributed by atoms with van der Waals surface area (Å²) in [5, 5.41) is 9.24. The second kappa shape index (κ2) is 8.52. The molecule has 5 heteroatoms. The van der Waals surface area contributed by atoms with E-state index in [0.29, 0.717) is 23.6 Å². The van der Waals surface area contributed by atoms with Crippen LogP contribution in [-0.2, 0) is 0 Å². The highest BCUT2D eigenvalue weighted by Gasteiger charge is 2.24. The third-order valence-corrected chi connectivity index (χ3v) is 3.62. The zero-order valence-electron chi connectivity index (χ0n) is 13.3. The van der Waals surface area contributed by atoms with Crippen molar-refractivity contribution in [1.29, 1.82) is 0 Å². The molecule has 21 heavy (non-hydrogen) atoms. The molecule has 0 unspecified atom stereocenters. The second-order valence-corrected chi connectivity index (χ2v) is 4.76. The molecule has 0 bridgehead atoms. The number of carbonyl (C=O) groups excluding carboxylic acids is 1. The summed E-state index contributed by atoms with van der Waals surface area (Å²) in [7, 11) is 3.09. The van der Waals surface area contributed by atoms with Crippen LogP contribution in [0.15, 0.2) is 18.2 Å². The Morgan fingerprint density at radius 2 is 1.90 bits per heavy atom. The second-order valence-electron chi connectivity index (χ2n) is 4.76. The number of nitrogens with zero attached hydrogens (tertiary/aromatic N) is 1. The SMILES string of the molecule is CCC(CC)N(CCO)C(=O)c1ccc(OC)cc1OC. The van der Waals surface area contributed by atoms with Gasteiger partial charge < -0.3 is 19.5 Å². The number of benzene rings is 1.